The predicted octanol–water partition coefficient (Wildman–Crippen LogP) is -0.227. The molecule has 2 aromatic heterocycles. The van der Waals surface area contributed by atoms with Crippen molar-refractivity contribution in [2.75, 3.05) is 6.54 Å². The number of rotatable bonds is 1. The molecule has 0 saturated carbocycles. The van der Waals surface area contributed by atoms with Crippen molar-refractivity contribution in [3.05, 3.63) is 29.6 Å². The van der Waals surface area contributed by atoms with Crippen molar-refractivity contribution < 1.29 is 0 Å². The van der Waals surface area contributed by atoms with Crippen LogP contribution in [-0.2, 0) is 13.5 Å². The van der Waals surface area contributed by atoms with Gasteiger partial charge in [0.2, 0.25) is 0 Å². The first kappa shape index (κ1) is 8.60. The number of aromatic amines is 1. The monoisotopic (exact) mass is 204 g/mol. The highest BCUT2D eigenvalue weighted by Crippen LogP contribution is 2.23. The minimum atomic E-state index is 0.0775. The highest BCUT2D eigenvalue weighted by Gasteiger charge is 2.25. The summed E-state index contributed by atoms with van der Waals surface area (Å²) in [5, 5.41) is 11.4. The molecule has 6 heteroatoms. The van der Waals surface area contributed by atoms with Crippen molar-refractivity contribution in [3.63, 3.8) is 0 Å². The van der Waals surface area contributed by atoms with E-state index < -0.39 is 0 Å². The number of hydrogen-bond acceptors (Lipinski definition) is 4. The van der Waals surface area contributed by atoms with E-state index in [9.17, 15) is 0 Å². The summed E-state index contributed by atoms with van der Waals surface area (Å²) in [5.41, 5.74) is 3.16. The van der Waals surface area contributed by atoms with E-state index in [1.165, 1.54) is 5.69 Å². The Morgan fingerprint density at radius 2 is 2.47 bits per heavy atom. The van der Waals surface area contributed by atoms with Gasteiger partial charge in [-0.15, -0.1) is 5.10 Å². The van der Waals surface area contributed by atoms with Crippen LogP contribution in [0.3, 0.4) is 0 Å². The van der Waals surface area contributed by atoms with Gasteiger partial charge in [-0.05, 0) is 0 Å². The first-order valence-corrected chi connectivity index (χ1v) is 4.96. The molecule has 1 unspecified atom stereocenters. The molecular weight excluding hydrogens is 192 g/mol. The quantitative estimate of drug-likeness (QED) is 0.673. The van der Waals surface area contributed by atoms with Crippen molar-refractivity contribution in [2.45, 2.75) is 12.5 Å². The van der Waals surface area contributed by atoms with Gasteiger partial charge in [-0.3, -0.25) is 4.68 Å². The van der Waals surface area contributed by atoms with E-state index in [4.69, 9.17) is 0 Å². The van der Waals surface area contributed by atoms with Gasteiger partial charge in [0.15, 0.2) is 0 Å². The topological polar surface area (TPSA) is 71.4 Å². The zero-order chi connectivity index (χ0) is 10.3. The van der Waals surface area contributed by atoms with Crippen LogP contribution in [0.2, 0.25) is 0 Å². The summed E-state index contributed by atoms with van der Waals surface area (Å²) in [7, 11) is 1.87. The molecule has 0 spiro atoms. The number of H-pyrrole nitrogens is 1. The largest absolute Gasteiger partial charge is 0.348 e. The summed E-state index contributed by atoms with van der Waals surface area (Å²) in [6, 6.07) is 0.0775. The molecule has 0 bridgehead atoms. The lowest BCUT2D eigenvalue weighted by atomic mass is 10.0. The average Bonchev–Trinajstić information content (AvgIpc) is 2.84. The summed E-state index contributed by atoms with van der Waals surface area (Å²) in [5.74, 6) is 0. The maximum absolute atomic E-state index is 4.33. The van der Waals surface area contributed by atoms with Crippen LogP contribution in [-0.4, -0.2) is 31.5 Å². The molecule has 78 valence electrons. The van der Waals surface area contributed by atoms with E-state index in [0.717, 1.165) is 24.4 Å². The fourth-order valence-corrected chi connectivity index (χ4v) is 1.96. The number of nitrogens with zero attached hydrogens (tertiary/aromatic N) is 4. The molecule has 0 saturated heterocycles. The van der Waals surface area contributed by atoms with Gasteiger partial charge >= 0.3 is 0 Å². The third-order valence-electron chi connectivity index (χ3n) is 2.66. The maximum atomic E-state index is 4.33. The summed E-state index contributed by atoms with van der Waals surface area (Å²) in [6.07, 6.45) is 4.65. The van der Waals surface area contributed by atoms with Crippen molar-refractivity contribution >= 4 is 0 Å². The molecule has 0 aromatic carbocycles. The first-order chi connectivity index (χ1) is 7.34. The summed E-state index contributed by atoms with van der Waals surface area (Å²) < 4.78 is 1.71. The second-order valence-corrected chi connectivity index (χ2v) is 3.72. The van der Waals surface area contributed by atoms with Crippen LogP contribution in [0.25, 0.3) is 0 Å². The SMILES string of the molecule is Cn1cc(C2NCCc3[nH]cnc32)nn1. The second kappa shape index (κ2) is 3.16. The number of hydrogen-bond donors (Lipinski definition) is 2. The molecule has 3 rings (SSSR count). The van der Waals surface area contributed by atoms with E-state index in [-0.39, 0.29) is 6.04 Å². The minimum Gasteiger partial charge on any atom is -0.348 e. The third-order valence-corrected chi connectivity index (χ3v) is 2.66. The molecule has 2 aromatic rings. The van der Waals surface area contributed by atoms with Crippen molar-refractivity contribution in [1.29, 1.82) is 0 Å². The number of fused-ring (bicyclic) bond motifs is 1. The fourth-order valence-electron chi connectivity index (χ4n) is 1.96. The molecule has 0 radical (unpaired) electrons. The van der Waals surface area contributed by atoms with Gasteiger partial charge in [0.1, 0.15) is 5.69 Å². The number of imidazole rings is 1. The van der Waals surface area contributed by atoms with Gasteiger partial charge < -0.3 is 10.3 Å². The van der Waals surface area contributed by atoms with Gasteiger partial charge in [0.25, 0.3) is 0 Å². The Labute approximate surface area is 86.7 Å². The molecule has 0 amide bonds. The van der Waals surface area contributed by atoms with Crippen LogP contribution < -0.4 is 5.32 Å². The summed E-state index contributed by atoms with van der Waals surface area (Å²) in [4.78, 5) is 7.49. The Hall–Kier alpha value is -1.69. The molecule has 1 aliphatic heterocycles. The number of nitrogens with one attached hydrogen (secondary N) is 2. The lowest BCUT2D eigenvalue weighted by Gasteiger charge is -2.20. The fraction of sp³-hybridized carbons (Fsp3) is 0.444. The minimum absolute atomic E-state index is 0.0775. The molecule has 0 fully saturated rings. The molecular formula is C9H12N6. The molecule has 0 aliphatic carbocycles. The highest BCUT2D eigenvalue weighted by molar-refractivity contribution is 5.26. The van der Waals surface area contributed by atoms with Crippen molar-refractivity contribution in [1.82, 2.24) is 30.3 Å². The van der Waals surface area contributed by atoms with Crippen LogP contribution in [0.4, 0.5) is 0 Å². The van der Waals surface area contributed by atoms with Crippen LogP contribution in [0.5, 0.6) is 0 Å². The van der Waals surface area contributed by atoms with Gasteiger partial charge in [-0.25, -0.2) is 4.98 Å². The molecule has 2 N–H and O–H groups in total. The van der Waals surface area contributed by atoms with Gasteiger partial charge in [-0.1, -0.05) is 5.21 Å². The van der Waals surface area contributed by atoms with Crippen LogP contribution >= 0.6 is 0 Å². The lowest BCUT2D eigenvalue weighted by molar-refractivity contribution is 0.542. The third kappa shape index (κ3) is 1.33. The van der Waals surface area contributed by atoms with Crippen molar-refractivity contribution in [2.24, 2.45) is 7.05 Å². The van der Waals surface area contributed by atoms with E-state index in [0.29, 0.717) is 0 Å². The number of aromatic nitrogens is 5. The van der Waals surface area contributed by atoms with Crippen molar-refractivity contribution in [3.8, 4) is 0 Å². The standard InChI is InChI=1S/C9H12N6/c1-15-4-7(13-14-15)9-8-6(2-3-10-9)11-5-12-8/h4-5,9-10H,2-3H2,1H3,(H,11,12). The summed E-state index contributed by atoms with van der Waals surface area (Å²) in [6.45, 7) is 0.941. The zero-order valence-electron chi connectivity index (χ0n) is 8.44. The Morgan fingerprint density at radius 3 is 3.27 bits per heavy atom. The molecule has 15 heavy (non-hydrogen) atoms. The Balaban J connectivity index is 2.02. The lowest BCUT2D eigenvalue weighted by Crippen LogP contribution is -2.30. The smallest absolute Gasteiger partial charge is 0.106 e. The normalized spacial score (nSPS) is 20.2. The zero-order valence-corrected chi connectivity index (χ0v) is 8.44. The van der Waals surface area contributed by atoms with Gasteiger partial charge in [0.05, 0.1) is 24.3 Å². The van der Waals surface area contributed by atoms with E-state index in [2.05, 4.69) is 25.6 Å². The highest BCUT2D eigenvalue weighted by atomic mass is 15.4. The Morgan fingerprint density at radius 1 is 1.53 bits per heavy atom. The van der Waals surface area contributed by atoms with Crippen LogP contribution in [0.1, 0.15) is 23.1 Å². The summed E-state index contributed by atoms with van der Waals surface area (Å²) >= 11 is 0. The Bertz CT molecular complexity index is 470. The second-order valence-electron chi connectivity index (χ2n) is 3.72. The van der Waals surface area contributed by atoms with Gasteiger partial charge in [-0.2, -0.15) is 0 Å². The molecule has 1 atom stereocenters. The van der Waals surface area contributed by atoms with E-state index >= 15 is 0 Å². The average molecular weight is 204 g/mol. The predicted molar refractivity (Wildman–Crippen MR) is 53.1 cm³/mol. The van der Waals surface area contributed by atoms with Crippen LogP contribution in [0, 0.1) is 0 Å². The van der Waals surface area contributed by atoms with Gasteiger partial charge in [0, 0.05) is 25.7 Å². The first-order valence-electron chi connectivity index (χ1n) is 4.96. The Kier molecular flexibility index (Phi) is 1.81. The van der Waals surface area contributed by atoms with E-state index in [1.54, 1.807) is 11.0 Å². The molecule has 6 nitrogen and oxygen atoms in total. The maximum Gasteiger partial charge on any atom is 0.106 e. The van der Waals surface area contributed by atoms with Crippen LogP contribution in [0.15, 0.2) is 12.5 Å². The molecule has 3 heterocycles. The van der Waals surface area contributed by atoms with E-state index in [1.807, 2.05) is 13.2 Å². The number of aryl methyl sites for hydroxylation is 1. The molecule has 1 aliphatic rings.